The summed E-state index contributed by atoms with van der Waals surface area (Å²) in [4.78, 5) is 15.4. The number of hydrogen-bond donors (Lipinski definition) is 3. The average Bonchev–Trinajstić information content (AvgIpc) is 2.43. The number of rotatable bonds is 5. The molecular weight excluding hydrogens is 280 g/mol. The molecule has 0 aliphatic heterocycles. The Labute approximate surface area is 120 Å². The van der Waals surface area contributed by atoms with Gasteiger partial charge in [0.15, 0.2) is 0 Å². The number of phenolic OH excluding ortho intramolecular Hbond substituents is 1. The summed E-state index contributed by atoms with van der Waals surface area (Å²) < 4.78 is 0. The second kappa shape index (κ2) is 6.36. The van der Waals surface area contributed by atoms with E-state index in [9.17, 15) is 15.0 Å². The molecule has 0 saturated heterocycles. The molecule has 0 saturated carbocycles. The van der Waals surface area contributed by atoms with Gasteiger partial charge < -0.3 is 10.2 Å². The number of hydrogen-bond acceptors (Lipinski definition) is 4. The molecule has 1 heterocycles. The molecule has 0 radical (unpaired) electrons. The molecule has 1 aromatic heterocycles. The highest BCUT2D eigenvalue weighted by atomic mass is 35.5. The molecule has 1 aromatic carbocycles. The molecule has 0 fully saturated rings. The lowest BCUT2D eigenvalue weighted by atomic mass is 10.1. The molecule has 20 heavy (non-hydrogen) atoms. The zero-order valence-electron chi connectivity index (χ0n) is 10.5. The molecule has 2 aromatic rings. The van der Waals surface area contributed by atoms with Crippen LogP contribution in [0.3, 0.4) is 0 Å². The van der Waals surface area contributed by atoms with Crippen molar-refractivity contribution in [2.75, 3.05) is 0 Å². The monoisotopic (exact) mass is 292 g/mol. The second-order valence-corrected chi connectivity index (χ2v) is 4.61. The van der Waals surface area contributed by atoms with Gasteiger partial charge in [-0.3, -0.25) is 15.1 Å². The van der Waals surface area contributed by atoms with Crippen molar-refractivity contribution in [1.82, 2.24) is 10.3 Å². The Morgan fingerprint density at radius 1 is 1.35 bits per heavy atom. The second-order valence-electron chi connectivity index (χ2n) is 4.18. The molecule has 5 nitrogen and oxygen atoms in total. The van der Waals surface area contributed by atoms with Crippen LogP contribution in [0, 0.1) is 0 Å². The minimum absolute atomic E-state index is 0.115. The number of halogens is 1. The van der Waals surface area contributed by atoms with Crippen LogP contribution in [0.4, 0.5) is 0 Å². The highest BCUT2D eigenvalue weighted by Crippen LogP contribution is 2.27. The summed E-state index contributed by atoms with van der Waals surface area (Å²) in [6.45, 7) is 0.268. The van der Waals surface area contributed by atoms with Gasteiger partial charge in [-0.05, 0) is 30.3 Å². The van der Waals surface area contributed by atoms with Crippen LogP contribution in [0.5, 0.6) is 5.75 Å². The van der Waals surface area contributed by atoms with Gasteiger partial charge in [0.25, 0.3) is 0 Å². The average molecular weight is 293 g/mol. The van der Waals surface area contributed by atoms with Gasteiger partial charge in [0, 0.05) is 23.3 Å². The number of carbonyl (C=O) groups is 1. The van der Waals surface area contributed by atoms with E-state index in [4.69, 9.17) is 11.6 Å². The minimum atomic E-state index is -1.10. The van der Waals surface area contributed by atoms with Gasteiger partial charge in [0.1, 0.15) is 11.8 Å². The number of carboxylic acids is 1. The van der Waals surface area contributed by atoms with E-state index in [2.05, 4.69) is 10.3 Å². The smallest absolute Gasteiger partial charge is 0.325 e. The van der Waals surface area contributed by atoms with Crippen molar-refractivity contribution in [3.63, 3.8) is 0 Å². The Bertz CT molecular complexity index is 605. The number of pyridine rings is 1. The molecule has 104 valence electrons. The van der Waals surface area contributed by atoms with Crippen molar-refractivity contribution < 1.29 is 15.0 Å². The standard InChI is InChI=1S/C14H13ClN2O3/c15-9-4-5-12(18)11(7-9)13(14(19)20)17-8-10-3-1-2-6-16-10/h1-7,13,17-18H,8H2,(H,19,20). The van der Waals surface area contributed by atoms with Crippen molar-refractivity contribution in [2.45, 2.75) is 12.6 Å². The van der Waals surface area contributed by atoms with Crippen LogP contribution < -0.4 is 5.32 Å². The van der Waals surface area contributed by atoms with Gasteiger partial charge in [-0.25, -0.2) is 0 Å². The highest BCUT2D eigenvalue weighted by Gasteiger charge is 2.22. The summed E-state index contributed by atoms with van der Waals surface area (Å²) in [5, 5.41) is 22.3. The first-order valence-corrected chi connectivity index (χ1v) is 6.30. The van der Waals surface area contributed by atoms with Crippen molar-refractivity contribution in [3.8, 4) is 5.75 Å². The largest absolute Gasteiger partial charge is 0.508 e. The van der Waals surface area contributed by atoms with Gasteiger partial charge in [-0.15, -0.1) is 0 Å². The zero-order chi connectivity index (χ0) is 14.5. The number of nitrogens with zero attached hydrogens (tertiary/aromatic N) is 1. The fourth-order valence-corrected chi connectivity index (χ4v) is 1.98. The van der Waals surface area contributed by atoms with Crippen LogP contribution in [0.2, 0.25) is 5.02 Å². The van der Waals surface area contributed by atoms with Gasteiger partial charge >= 0.3 is 5.97 Å². The predicted octanol–water partition coefficient (Wildman–Crippen LogP) is 2.36. The van der Waals surface area contributed by atoms with Crippen LogP contribution in [0.1, 0.15) is 17.3 Å². The molecule has 2 rings (SSSR count). The van der Waals surface area contributed by atoms with Crippen molar-refractivity contribution in [2.24, 2.45) is 0 Å². The van der Waals surface area contributed by atoms with Crippen LogP contribution in [-0.4, -0.2) is 21.2 Å². The van der Waals surface area contributed by atoms with Gasteiger partial charge in [0.2, 0.25) is 0 Å². The number of aromatic nitrogens is 1. The number of carboxylic acid groups (broad SMARTS) is 1. The fraction of sp³-hybridized carbons (Fsp3) is 0.143. The SMILES string of the molecule is O=C(O)C(NCc1ccccn1)c1cc(Cl)ccc1O. The van der Waals surface area contributed by atoms with Gasteiger partial charge in [0.05, 0.1) is 5.69 Å². The molecule has 1 unspecified atom stereocenters. The third-order valence-corrected chi connectivity index (χ3v) is 3.00. The molecular formula is C14H13ClN2O3. The Hall–Kier alpha value is -2.11. The third kappa shape index (κ3) is 3.46. The molecule has 0 aliphatic rings. The number of benzene rings is 1. The first-order valence-electron chi connectivity index (χ1n) is 5.92. The Balaban J connectivity index is 2.19. The summed E-state index contributed by atoms with van der Waals surface area (Å²) in [7, 11) is 0. The molecule has 6 heteroatoms. The van der Waals surface area contributed by atoms with Crippen LogP contribution in [0.15, 0.2) is 42.6 Å². The first kappa shape index (κ1) is 14.3. The highest BCUT2D eigenvalue weighted by molar-refractivity contribution is 6.30. The lowest BCUT2D eigenvalue weighted by Gasteiger charge is -2.16. The van der Waals surface area contributed by atoms with E-state index in [1.807, 2.05) is 6.07 Å². The number of aliphatic carboxylic acids is 1. The van der Waals surface area contributed by atoms with E-state index >= 15 is 0 Å². The number of phenols is 1. The van der Waals surface area contributed by atoms with Crippen molar-refractivity contribution in [3.05, 3.63) is 58.9 Å². The van der Waals surface area contributed by atoms with E-state index in [-0.39, 0.29) is 17.9 Å². The Kier molecular flexibility index (Phi) is 4.55. The van der Waals surface area contributed by atoms with E-state index < -0.39 is 12.0 Å². The fourth-order valence-electron chi connectivity index (χ4n) is 1.80. The molecule has 0 amide bonds. The summed E-state index contributed by atoms with van der Waals surface area (Å²) >= 11 is 5.84. The molecule has 3 N–H and O–H groups in total. The summed E-state index contributed by atoms with van der Waals surface area (Å²) in [5.74, 6) is -1.21. The van der Waals surface area contributed by atoms with Crippen LogP contribution >= 0.6 is 11.6 Å². The van der Waals surface area contributed by atoms with E-state index in [1.54, 1.807) is 18.3 Å². The molecule has 0 bridgehead atoms. The minimum Gasteiger partial charge on any atom is -0.508 e. The lowest BCUT2D eigenvalue weighted by molar-refractivity contribution is -0.139. The summed E-state index contributed by atoms with van der Waals surface area (Å²) in [5.41, 5.74) is 0.932. The number of aromatic hydroxyl groups is 1. The Morgan fingerprint density at radius 2 is 2.15 bits per heavy atom. The maximum atomic E-state index is 11.3. The normalized spacial score (nSPS) is 12.1. The zero-order valence-corrected chi connectivity index (χ0v) is 11.2. The lowest BCUT2D eigenvalue weighted by Crippen LogP contribution is -2.28. The molecule has 1 atom stereocenters. The molecule has 0 aliphatic carbocycles. The van der Waals surface area contributed by atoms with E-state index in [0.29, 0.717) is 10.7 Å². The van der Waals surface area contributed by atoms with Crippen LogP contribution in [0.25, 0.3) is 0 Å². The van der Waals surface area contributed by atoms with Gasteiger partial charge in [-0.1, -0.05) is 17.7 Å². The van der Waals surface area contributed by atoms with Gasteiger partial charge in [-0.2, -0.15) is 0 Å². The van der Waals surface area contributed by atoms with Crippen molar-refractivity contribution in [1.29, 1.82) is 0 Å². The van der Waals surface area contributed by atoms with E-state index in [1.165, 1.54) is 18.2 Å². The van der Waals surface area contributed by atoms with Crippen LogP contribution in [-0.2, 0) is 11.3 Å². The summed E-state index contributed by atoms with van der Waals surface area (Å²) in [6, 6.07) is 8.62. The maximum absolute atomic E-state index is 11.3. The number of nitrogens with one attached hydrogen (secondary N) is 1. The predicted molar refractivity (Wildman–Crippen MR) is 74.6 cm³/mol. The topological polar surface area (TPSA) is 82.5 Å². The first-order chi connectivity index (χ1) is 9.58. The van der Waals surface area contributed by atoms with Crippen molar-refractivity contribution >= 4 is 17.6 Å². The quantitative estimate of drug-likeness (QED) is 0.788. The maximum Gasteiger partial charge on any atom is 0.325 e. The summed E-state index contributed by atoms with van der Waals surface area (Å²) in [6.07, 6.45) is 1.63. The molecule has 0 spiro atoms. The van der Waals surface area contributed by atoms with E-state index in [0.717, 1.165) is 0 Å². The Morgan fingerprint density at radius 3 is 2.80 bits per heavy atom. The third-order valence-electron chi connectivity index (χ3n) is 2.76.